The first-order valence-corrected chi connectivity index (χ1v) is 7.64. The molecule has 0 amide bonds. The Kier molecular flexibility index (Phi) is 4.83. The highest BCUT2D eigenvalue weighted by Crippen LogP contribution is 2.38. The lowest BCUT2D eigenvalue weighted by molar-refractivity contribution is 0.378. The van der Waals surface area contributed by atoms with Crippen LogP contribution < -0.4 is 9.47 Å². The molecular formula is C17H11Cl2FN2O2. The van der Waals surface area contributed by atoms with Gasteiger partial charge in [-0.05, 0) is 24.3 Å². The zero-order valence-electron chi connectivity index (χ0n) is 12.5. The molecule has 3 rings (SSSR count). The Hall–Kier alpha value is -2.37. The summed E-state index contributed by atoms with van der Waals surface area (Å²) < 4.78 is 24.2. The van der Waals surface area contributed by atoms with Crippen LogP contribution in [0.1, 0.15) is 0 Å². The average molecular weight is 365 g/mol. The fraction of sp³-hybridized carbons (Fsp3) is 0.0588. The van der Waals surface area contributed by atoms with Crippen LogP contribution in [-0.4, -0.2) is 17.1 Å². The fourth-order valence-electron chi connectivity index (χ4n) is 2.05. The summed E-state index contributed by atoms with van der Waals surface area (Å²) in [5.74, 6) is 0.835. The Bertz CT molecular complexity index is 867. The van der Waals surface area contributed by atoms with Gasteiger partial charge in [0.25, 0.3) is 0 Å². The number of aromatic nitrogens is 2. The van der Waals surface area contributed by atoms with Gasteiger partial charge in [0.1, 0.15) is 5.82 Å². The highest BCUT2D eigenvalue weighted by molar-refractivity contribution is 6.35. The molecule has 0 unspecified atom stereocenters. The third kappa shape index (κ3) is 3.42. The number of nitrogens with zero attached hydrogens (tertiary/aromatic N) is 2. The molecule has 1 heterocycles. The van der Waals surface area contributed by atoms with E-state index < -0.39 is 5.82 Å². The number of ether oxygens (including phenoxy) is 2. The normalized spacial score (nSPS) is 10.5. The lowest BCUT2D eigenvalue weighted by Gasteiger charge is -2.12. The largest absolute Gasteiger partial charge is 0.493 e. The molecule has 3 aromatic rings. The molecule has 24 heavy (non-hydrogen) atoms. The number of methoxy groups -OCH3 is 1. The zero-order chi connectivity index (χ0) is 17.1. The van der Waals surface area contributed by atoms with Gasteiger partial charge < -0.3 is 9.47 Å². The lowest BCUT2D eigenvalue weighted by Crippen LogP contribution is -1.97. The van der Waals surface area contributed by atoms with Crippen molar-refractivity contribution >= 4 is 23.2 Å². The topological polar surface area (TPSA) is 44.2 Å². The van der Waals surface area contributed by atoms with Crippen molar-refractivity contribution < 1.29 is 13.9 Å². The second-order valence-electron chi connectivity index (χ2n) is 4.72. The van der Waals surface area contributed by atoms with Crippen LogP contribution in [0.2, 0.25) is 10.3 Å². The van der Waals surface area contributed by atoms with E-state index in [-0.39, 0.29) is 21.9 Å². The van der Waals surface area contributed by atoms with E-state index >= 15 is 0 Å². The second kappa shape index (κ2) is 7.03. The molecule has 0 aliphatic rings. The van der Waals surface area contributed by atoms with E-state index in [0.29, 0.717) is 17.1 Å². The Morgan fingerprint density at radius 1 is 0.917 bits per heavy atom. The third-order valence-corrected chi connectivity index (χ3v) is 3.66. The van der Waals surface area contributed by atoms with Crippen LogP contribution in [0.5, 0.6) is 17.2 Å². The maximum atomic E-state index is 13.3. The second-order valence-corrected chi connectivity index (χ2v) is 5.44. The quantitative estimate of drug-likeness (QED) is 0.582. The van der Waals surface area contributed by atoms with Crippen molar-refractivity contribution in [3.63, 3.8) is 0 Å². The molecule has 0 fully saturated rings. The van der Waals surface area contributed by atoms with Crippen molar-refractivity contribution in [1.82, 2.24) is 9.97 Å². The molecule has 1 aromatic heterocycles. The third-order valence-electron chi connectivity index (χ3n) is 3.15. The number of halogens is 3. The smallest absolute Gasteiger partial charge is 0.202 e. The van der Waals surface area contributed by atoms with Crippen molar-refractivity contribution in [2.75, 3.05) is 7.11 Å². The molecule has 122 valence electrons. The standard InChI is InChI=1S/C17H11Cl2FN2O2/c1-23-12-7-2-3-8-13(12)24-14-15(18)21-17(22-16(14)19)10-5-4-6-11(20)9-10/h2-9H,1H3. The van der Waals surface area contributed by atoms with Crippen LogP contribution in [0.15, 0.2) is 48.5 Å². The van der Waals surface area contributed by atoms with Gasteiger partial charge in [-0.3, -0.25) is 0 Å². The number of benzene rings is 2. The summed E-state index contributed by atoms with van der Waals surface area (Å²) in [5, 5.41) is 0.0281. The molecule has 2 aromatic carbocycles. The number of hydrogen-bond acceptors (Lipinski definition) is 4. The Morgan fingerprint density at radius 2 is 1.58 bits per heavy atom. The van der Waals surface area contributed by atoms with E-state index in [1.165, 1.54) is 19.2 Å². The van der Waals surface area contributed by atoms with Crippen molar-refractivity contribution in [3.8, 4) is 28.6 Å². The molecule has 0 N–H and O–H groups in total. The highest BCUT2D eigenvalue weighted by Gasteiger charge is 2.17. The Balaban J connectivity index is 1.99. The van der Waals surface area contributed by atoms with E-state index in [4.69, 9.17) is 32.7 Å². The maximum Gasteiger partial charge on any atom is 0.202 e. The molecule has 0 radical (unpaired) electrons. The molecule has 7 heteroatoms. The minimum Gasteiger partial charge on any atom is -0.493 e. The Labute approximate surface area is 147 Å². The van der Waals surface area contributed by atoms with Gasteiger partial charge in [0.05, 0.1) is 7.11 Å². The summed E-state index contributed by atoms with van der Waals surface area (Å²) >= 11 is 12.3. The lowest BCUT2D eigenvalue weighted by atomic mass is 10.2. The van der Waals surface area contributed by atoms with Gasteiger partial charge in [0.15, 0.2) is 27.6 Å². The SMILES string of the molecule is COc1ccccc1Oc1c(Cl)nc(-c2cccc(F)c2)nc1Cl. The maximum absolute atomic E-state index is 13.3. The van der Waals surface area contributed by atoms with Gasteiger partial charge in [-0.25, -0.2) is 14.4 Å². The number of hydrogen-bond donors (Lipinski definition) is 0. The Morgan fingerprint density at radius 3 is 2.21 bits per heavy atom. The van der Waals surface area contributed by atoms with Crippen LogP contribution in [0.3, 0.4) is 0 Å². The van der Waals surface area contributed by atoms with Crippen molar-refractivity contribution in [2.45, 2.75) is 0 Å². The van der Waals surface area contributed by atoms with Crippen LogP contribution in [0.25, 0.3) is 11.4 Å². The van der Waals surface area contributed by atoms with E-state index in [1.807, 2.05) is 0 Å². The van der Waals surface area contributed by atoms with Gasteiger partial charge >= 0.3 is 0 Å². The van der Waals surface area contributed by atoms with Crippen LogP contribution in [0, 0.1) is 5.82 Å². The number of rotatable bonds is 4. The van der Waals surface area contributed by atoms with Crippen molar-refractivity contribution in [3.05, 3.63) is 64.7 Å². The minimum absolute atomic E-state index is 0.0140. The summed E-state index contributed by atoms with van der Waals surface area (Å²) in [6, 6.07) is 12.8. The summed E-state index contributed by atoms with van der Waals surface area (Å²) in [7, 11) is 1.52. The molecule has 0 saturated carbocycles. The van der Waals surface area contributed by atoms with Gasteiger partial charge in [-0.1, -0.05) is 47.5 Å². The first kappa shape index (κ1) is 16.5. The molecule has 4 nitrogen and oxygen atoms in total. The molecule has 0 aliphatic carbocycles. The average Bonchev–Trinajstić information content (AvgIpc) is 2.58. The first-order chi connectivity index (χ1) is 11.6. The first-order valence-electron chi connectivity index (χ1n) is 6.88. The van der Waals surface area contributed by atoms with Gasteiger partial charge in [0.2, 0.25) is 5.75 Å². The predicted octanol–water partition coefficient (Wildman–Crippen LogP) is 5.39. The van der Waals surface area contributed by atoms with Crippen LogP contribution >= 0.6 is 23.2 Å². The summed E-state index contributed by atoms with van der Waals surface area (Å²) in [4.78, 5) is 8.27. The minimum atomic E-state index is -0.405. The van der Waals surface area contributed by atoms with Crippen molar-refractivity contribution in [1.29, 1.82) is 0 Å². The molecule has 0 saturated heterocycles. The predicted molar refractivity (Wildman–Crippen MR) is 90.5 cm³/mol. The molecule has 0 spiro atoms. The molecule has 0 bridgehead atoms. The van der Waals surface area contributed by atoms with Crippen LogP contribution in [-0.2, 0) is 0 Å². The van der Waals surface area contributed by atoms with Gasteiger partial charge in [-0.2, -0.15) is 0 Å². The van der Waals surface area contributed by atoms with E-state index in [0.717, 1.165) is 0 Å². The summed E-state index contributed by atoms with van der Waals surface area (Å²) in [6.07, 6.45) is 0. The highest BCUT2D eigenvalue weighted by atomic mass is 35.5. The molecular weight excluding hydrogens is 354 g/mol. The van der Waals surface area contributed by atoms with Gasteiger partial charge in [0, 0.05) is 5.56 Å². The molecule has 0 atom stereocenters. The van der Waals surface area contributed by atoms with E-state index in [1.54, 1.807) is 36.4 Å². The monoisotopic (exact) mass is 364 g/mol. The van der Waals surface area contributed by atoms with Crippen molar-refractivity contribution in [2.24, 2.45) is 0 Å². The van der Waals surface area contributed by atoms with E-state index in [2.05, 4.69) is 9.97 Å². The fourth-order valence-corrected chi connectivity index (χ4v) is 2.52. The van der Waals surface area contributed by atoms with Crippen LogP contribution in [0.4, 0.5) is 4.39 Å². The van der Waals surface area contributed by atoms with Gasteiger partial charge in [-0.15, -0.1) is 0 Å². The number of para-hydroxylation sites is 2. The summed E-state index contributed by atoms with van der Waals surface area (Å²) in [5.41, 5.74) is 0.461. The zero-order valence-corrected chi connectivity index (χ0v) is 14.0. The van der Waals surface area contributed by atoms with E-state index in [9.17, 15) is 4.39 Å². The molecule has 0 aliphatic heterocycles. The summed E-state index contributed by atoms with van der Waals surface area (Å²) in [6.45, 7) is 0.